The summed E-state index contributed by atoms with van der Waals surface area (Å²) in [4.78, 5) is 2.48. The quantitative estimate of drug-likeness (QED) is 0.506. The molecule has 14 heavy (non-hydrogen) atoms. The van der Waals surface area contributed by atoms with Crippen LogP contribution in [-0.4, -0.2) is 51.3 Å². The molecule has 0 atom stereocenters. The van der Waals surface area contributed by atoms with E-state index in [9.17, 15) is 0 Å². The summed E-state index contributed by atoms with van der Waals surface area (Å²) in [5.74, 6) is 0. The largest absolute Gasteiger partial charge is 0.383 e. The van der Waals surface area contributed by atoms with Gasteiger partial charge in [-0.1, -0.05) is 11.6 Å². The molecule has 0 aromatic heterocycles. The molecule has 0 spiro atoms. The second-order valence-corrected chi connectivity index (χ2v) is 3.84. The maximum Gasteiger partial charge on any atom is 0.0587 e. The molecule has 0 saturated heterocycles. The Morgan fingerprint density at radius 3 is 3.00 bits per heavy atom. The van der Waals surface area contributed by atoms with Crippen LogP contribution in [0.25, 0.3) is 0 Å². The molecule has 0 aromatic rings. The topological polar surface area (TPSA) is 24.5 Å². The number of ether oxygens (including phenoxy) is 1. The minimum atomic E-state index is 0.805. The first-order valence-corrected chi connectivity index (χ1v) is 5.40. The normalized spacial score (nSPS) is 18.3. The van der Waals surface area contributed by atoms with Crippen LogP contribution in [0.3, 0.4) is 0 Å². The van der Waals surface area contributed by atoms with Gasteiger partial charge in [0, 0.05) is 39.8 Å². The van der Waals surface area contributed by atoms with Gasteiger partial charge in [0.2, 0.25) is 0 Å². The molecule has 0 bridgehead atoms. The lowest BCUT2D eigenvalue weighted by Gasteiger charge is -2.25. The number of methoxy groups -OCH3 is 1. The second kappa shape index (κ2) is 6.98. The fraction of sp³-hybridized carbons (Fsp3) is 0.818. The fourth-order valence-corrected chi connectivity index (χ4v) is 1.55. The van der Waals surface area contributed by atoms with Crippen LogP contribution in [0.1, 0.15) is 13.3 Å². The molecule has 3 heteroatoms. The number of nitrogens with one attached hydrogen (secondary N) is 1. The average molecular weight is 198 g/mol. The fourth-order valence-electron chi connectivity index (χ4n) is 1.55. The number of hydrogen-bond donors (Lipinski definition) is 1. The maximum atomic E-state index is 4.96. The zero-order chi connectivity index (χ0) is 10.2. The molecule has 82 valence electrons. The van der Waals surface area contributed by atoms with Gasteiger partial charge in [0.05, 0.1) is 6.61 Å². The molecule has 1 heterocycles. The molecule has 0 fully saturated rings. The molecule has 0 aliphatic carbocycles. The van der Waals surface area contributed by atoms with Crippen LogP contribution in [-0.2, 0) is 4.74 Å². The summed E-state index contributed by atoms with van der Waals surface area (Å²) in [5.41, 5.74) is 1.54. The first-order valence-electron chi connectivity index (χ1n) is 5.40. The summed E-state index contributed by atoms with van der Waals surface area (Å²) >= 11 is 0. The average Bonchev–Trinajstić information content (AvgIpc) is 2.21. The smallest absolute Gasteiger partial charge is 0.0587 e. The van der Waals surface area contributed by atoms with Crippen molar-refractivity contribution in [1.82, 2.24) is 10.2 Å². The Bertz CT molecular complexity index is 180. The van der Waals surface area contributed by atoms with Gasteiger partial charge in [-0.05, 0) is 13.3 Å². The molecule has 3 nitrogen and oxygen atoms in total. The molecule has 0 aromatic carbocycles. The highest BCUT2D eigenvalue weighted by Gasteiger charge is 2.07. The van der Waals surface area contributed by atoms with Gasteiger partial charge in [0.15, 0.2) is 0 Å². The van der Waals surface area contributed by atoms with E-state index in [2.05, 4.69) is 23.2 Å². The van der Waals surface area contributed by atoms with Crippen molar-refractivity contribution >= 4 is 0 Å². The molecule has 1 N–H and O–H groups in total. The van der Waals surface area contributed by atoms with Crippen LogP contribution >= 0.6 is 0 Å². The third kappa shape index (κ3) is 4.74. The summed E-state index contributed by atoms with van der Waals surface area (Å²) in [7, 11) is 1.74. The van der Waals surface area contributed by atoms with E-state index in [4.69, 9.17) is 4.74 Å². The Morgan fingerprint density at radius 2 is 2.36 bits per heavy atom. The number of rotatable bonds is 6. The summed E-state index contributed by atoms with van der Waals surface area (Å²) < 4.78 is 4.96. The van der Waals surface area contributed by atoms with Crippen LogP contribution in [0.15, 0.2) is 11.6 Å². The van der Waals surface area contributed by atoms with Gasteiger partial charge < -0.3 is 10.1 Å². The van der Waals surface area contributed by atoms with Gasteiger partial charge in [-0.2, -0.15) is 0 Å². The van der Waals surface area contributed by atoms with Crippen LogP contribution in [0, 0.1) is 0 Å². The monoisotopic (exact) mass is 198 g/mol. The van der Waals surface area contributed by atoms with E-state index in [1.54, 1.807) is 7.11 Å². The van der Waals surface area contributed by atoms with E-state index in [1.807, 2.05) is 0 Å². The lowest BCUT2D eigenvalue weighted by atomic mass is 10.1. The molecule has 0 saturated carbocycles. The van der Waals surface area contributed by atoms with Crippen LogP contribution in [0.5, 0.6) is 0 Å². The highest BCUT2D eigenvalue weighted by atomic mass is 16.5. The maximum absolute atomic E-state index is 4.96. The van der Waals surface area contributed by atoms with E-state index >= 15 is 0 Å². The first-order chi connectivity index (χ1) is 6.83. The summed E-state index contributed by atoms with van der Waals surface area (Å²) in [6.45, 7) is 8.53. The van der Waals surface area contributed by atoms with E-state index in [1.165, 1.54) is 18.5 Å². The first kappa shape index (κ1) is 11.7. The molecule has 1 aliphatic heterocycles. The number of nitrogens with zero attached hydrogens (tertiary/aromatic N) is 1. The van der Waals surface area contributed by atoms with E-state index in [0.29, 0.717) is 0 Å². The van der Waals surface area contributed by atoms with Crippen molar-refractivity contribution in [3.8, 4) is 0 Å². The lowest BCUT2D eigenvalue weighted by molar-refractivity contribution is 0.197. The molecular formula is C11H22N2O. The van der Waals surface area contributed by atoms with Gasteiger partial charge in [-0.3, -0.25) is 4.90 Å². The molecule has 1 aliphatic rings. The molecule has 0 amide bonds. The van der Waals surface area contributed by atoms with Crippen molar-refractivity contribution in [2.24, 2.45) is 0 Å². The Hall–Kier alpha value is -0.380. The van der Waals surface area contributed by atoms with Crippen molar-refractivity contribution in [2.45, 2.75) is 13.3 Å². The van der Waals surface area contributed by atoms with Crippen molar-refractivity contribution in [1.29, 1.82) is 0 Å². The third-order valence-corrected chi connectivity index (χ3v) is 2.61. The Kier molecular flexibility index (Phi) is 5.83. The second-order valence-electron chi connectivity index (χ2n) is 3.84. The SMILES string of the molecule is COCCNCCN1CC=C(C)CC1. The number of hydrogen-bond acceptors (Lipinski definition) is 3. The molecular weight excluding hydrogens is 176 g/mol. The van der Waals surface area contributed by atoms with Crippen molar-refractivity contribution in [3.05, 3.63) is 11.6 Å². The van der Waals surface area contributed by atoms with Crippen LogP contribution in [0.4, 0.5) is 0 Å². The van der Waals surface area contributed by atoms with Crippen molar-refractivity contribution in [3.63, 3.8) is 0 Å². The molecule has 0 unspecified atom stereocenters. The summed E-state index contributed by atoms with van der Waals surface area (Å²) in [6, 6.07) is 0. The lowest BCUT2D eigenvalue weighted by Crippen LogP contribution is -2.35. The summed E-state index contributed by atoms with van der Waals surface area (Å²) in [6.07, 6.45) is 3.57. The highest BCUT2D eigenvalue weighted by molar-refractivity contribution is 5.03. The Balaban J connectivity index is 1.97. The van der Waals surface area contributed by atoms with E-state index < -0.39 is 0 Å². The Labute approximate surface area is 87.1 Å². The van der Waals surface area contributed by atoms with Gasteiger partial charge in [-0.15, -0.1) is 0 Å². The Morgan fingerprint density at radius 1 is 1.50 bits per heavy atom. The predicted molar refractivity (Wildman–Crippen MR) is 59.6 cm³/mol. The molecule has 1 rings (SSSR count). The van der Waals surface area contributed by atoms with Gasteiger partial charge in [0.25, 0.3) is 0 Å². The zero-order valence-corrected chi connectivity index (χ0v) is 9.38. The highest BCUT2D eigenvalue weighted by Crippen LogP contribution is 2.08. The van der Waals surface area contributed by atoms with Crippen molar-refractivity contribution in [2.75, 3.05) is 46.4 Å². The van der Waals surface area contributed by atoms with Crippen LogP contribution < -0.4 is 5.32 Å². The third-order valence-electron chi connectivity index (χ3n) is 2.61. The molecule has 0 radical (unpaired) electrons. The van der Waals surface area contributed by atoms with E-state index in [-0.39, 0.29) is 0 Å². The van der Waals surface area contributed by atoms with E-state index in [0.717, 1.165) is 32.8 Å². The van der Waals surface area contributed by atoms with Gasteiger partial charge >= 0.3 is 0 Å². The summed E-state index contributed by atoms with van der Waals surface area (Å²) in [5, 5.41) is 3.36. The van der Waals surface area contributed by atoms with Gasteiger partial charge in [0.1, 0.15) is 0 Å². The van der Waals surface area contributed by atoms with Crippen molar-refractivity contribution < 1.29 is 4.74 Å². The van der Waals surface area contributed by atoms with Gasteiger partial charge in [-0.25, -0.2) is 0 Å². The standard InChI is InChI=1S/C11H22N2O/c1-11-3-7-13(8-4-11)9-5-12-6-10-14-2/h3,12H,4-10H2,1-2H3. The minimum absolute atomic E-state index is 0.805. The van der Waals surface area contributed by atoms with Crippen LogP contribution in [0.2, 0.25) is 0 Å². The predicted octanol–water partition coefficient (Wildman–Crippen LogP) is 0.874. The zero-order valence-electron chi connectivity index (χ0n) is 9.38. The minimum Gasteiger partial charge on any atom is -0.383 e.